The zero-order valence-electron chi connectivity index (χ0n) is 14.5. The summed E-state index contributed by atoms with van der Waals surface area (Å²) in [6, 6.07) is 12.7. The van der Waals surface area contributed by atoms with Gasteiger partial charge in [-0.05, 0) is 42.3 Å². The standard InChI is InChI=1S/C20H18ClNO4/c1-3-9-25-18-15(21)10-13(12-17(18)24-2)11-16-20(23)26-19(22-16)14-7-5-4-6-8-14/h4-8,10-12H,3,9H2,1-2H3. The van der Waals surface area contributed by atoms with Crippen molar-refractivity contribution in [2.45, 2.75) is 13.3 Å². The first-order chi connectivity index (χ1) is 12.6. The van der Waals surface area contributed by atoms with Crippen molar-refractivity contribution < 1.29 is 19.0 Å². The van der Waals surface area contributed by atoms with Gasteiger partial charge in [0.25, 0.3) is 0 Å². The van der Waals surface area contributed by atoms with Gasteiger partial charge >= 0.3 is 5.97 Å². The number of halogens is 1. The Labute approximate surface area is 156 Å². The summed E-state index contributed by atoms with van der Waals surface area (Å²) in [5.74, 6) is 0.755. The third kappa shape index (κ3) is 3.89. The summed E-state index contributed by atoms with van der Waals surface area (Å²) in [5, 5.41) is 0.406. The molecule has 0 saturated carbocycles. The molecule has 0 unspecified atom stereocenters. The summed E-state index contributed by atoms with van der Waals surface area (Å²) in [5.41, 5.74) is 1.60. The van der Waals surface area contributed by atoms with Crippen LogP contribution in [0, 0.1) is 0 Å². The molecule has 3 rings (SSSR count). The van der Waals surface area contributed by atoms with Gasteiger partial charge in [-0.1, -0.05) is 36.7 Å². The average molecular weight is 372 g/mol. The summed E-state index contributed by atoms with van der Waals surface area (Å²) in [4.78, 5) is 16.4. The highest BCUT2D eigenvalue weighted by molar-refractivity contribution is 6.32. The molecule has 0 radical (unpaired) electrons. The topological polar surface area (TPSA) is 57.1 Å². The van der Waals surface area contributed by atoms with Crippen LogP contribution in [0.3, 0.4) is 0 Å². The predicted octanol–water partition coefficient (Wildman–Crippen LogP) is 4.48. The number of benzene rings is 2. The molecule has 5 nitrogen and oxygen atoms in total. The lowest BCUT2D eigenvalue weighted by Gasteiger charge is -2.12. The molecule has 0 amide bonds. The van der Waals surface area contributed by atoms with Gasteiger partial charge in [0.05, 0.1) is 18.7 Å². The second kappa shape index (κ2) is 8.06. The fraction of sp³-hybridized carbons (Fsp3) is 0.200. The molecule has 0 N–H and O–H groups in total. The van der Waals surface area contributed by atoms with E-state index < -0.39 is 5.97 Å². The van der Waals surface area contributed by atoms with E-state index in [0.717, 1.165) is 12.0 Å². The Bertz CT molecular complexity index is 875. The number of esters is 1. The molecule has 1 aliphatic rings. The van der Waals surface area contributed by atoms with Gasteiger partial charge in [0, 0.05) is 5.56 Å². The lowest BCUT2D eigenvalue weighted by molar-refractivity contribution is -0.129. The van der Waals surface area contributed by atoms with Crippen LogP contribution in [0.25, 0.3) is 6.08 Å². The zero-order valence-corrected chi connectivity index (χ0v) is 15.2. The maximum atomic E-state index is 12.1. The van der Waals surface area contributed by atoms with Crippen molar-refractivity contribution in [3.8, 4) is 11.5 Å². The lowest BCUT2D eigenvalue weighted by atomic mass is 10.1. The van der Waals surface area contributed by atoms with Gasteiger partial charge in [-0.3, -0.25) is 0 Å². The molecule has 0 bridgehead atoms. The highest BCUT2D eigenvalue weighted by Gasteiger charge is 2.24. The third-order valence-electron chi connectivity index (χ3n) is 3.65. The van der Waals surface area contributed by atoms with Crippen LogP contribution in [-0.2, 0) is 9.53 Å². The van der Waals surface area contributed by atoms with Gasteiger partial charge in [0.2, 0.25) is 5.90 Å². The molecule has 1 aliphatic heterocycles. The molecule has 0 atom stereocenters. The van der Waals surface area contributed by atoms with E-state index in [2.05, 4.69) is 4.99 Å². The molecule has 134 valence electrons. The summed E-state index contributed by atoms with van der Waals surface area (Å²) >= 11 is 6.31. The van der Waals surface area contributed by atoms with E-state index in [0.29, 0.717) is 28.7 Å². The maximum Gasteiger partial charge on any atom is 0.363 e. The molecular formula is C20H18ClNO4. The highest BCUT2D eigenvalue weighted by atomic mass is 35.5. The quantitative estimate of drug-likeness (QED) is 0.555. The Hall–Kier alpha value is -2.79. The number of methoxy groups -OCH3 is 1. The van der Waals surface area contributed by atoms with Crippen LogP contribution in [0.4, 0.5) is 0 Å². The number of ether oxygens (including phenoxy) is 3. The van der Waals surface area contributed by atoms with E-state index in [1.54, 1.807) is 18.2 Å². The number of hydrogen-bond donors (Lipinski definition) is 0. The number of aliphatic imine (C=N–C) groups is 1. The van der Waals surface area contributed by atoms with E-state index in [9.17, 15) is 4.79 Å². The Balaban J connectivity index is 1.93. The number of cyclic esters (lactones) is 1. The molecule has 0 aliphatic carbocycles. The maximum absolute atomic E-state index is 12.1. The molecule has 26 heavy (non-hydrogen) atoms. The van der Waals surface area contributed by atoms with Crippen molar-refractivity contribution in [1.29, 1.82) is 0 Å². The summed E-state index contributed by atoms with van der Waals surface area (Å²) in [6.45, 7) is 2.54. The van der Waals surface area contributed by atoms with Gasteiger partial charge in [0.1, 0.15) is 0 Å². The summed E-state index contributed by atoms with van der Waals surface area (Å²) < 4.78 is 16.2. The minimum atomic E-state index is -0.509. The van der Waals surface area contributed by atoms with Gasteiger partial charge in [-0.25, -0.2) is 9.79 Å². The Morgan fingerprint density at radius 3 is 2.69 bits per heavy atom. The van der Waals surface area contributed by atoms with Crippen LogP contribution in [0.5, 0.6) is 11.5 Å². The normalized spacial score (nSPS) is 15.0. The monoisotopic (exact) mass is 371 g/mol. The Morgan fingerprint density at radius 2 is 2.00 bits per heavy atom. The van der Waals surface area contributed by atoms with Crippen molar-refractivity contribution in [2.75, 3.05) is 13.7 Å². The van der Waals surface area contributed by atoms with Crippen molar-refractivity contribution in [1.82, 2.24) is 0 Å². The van der Waals surface area contributed by atoms with Crippen LogP contribution in [-0.4, -0.2) is 25.6 Å². The van der Waals surface area contributed by atoms with Gasteiger partial charge in [-0.15, -0.1) is 0 Å². The molecule has 0 saturated heterocycles. The number of nitrogens with zero attached hydrogens (tertiary/aromatic N) is 1. The Morgan fingerprint density at radius 1 is 1.23 bits per heavy atom. The van der Waals surface area contributed by atoms with Gasteiger partial charge < -0.3 is 14.2 Å². The summed E-state index contributed by atoms with van der Waals surface area (Å²) in [6.07, 6.45) is 2.46. The van der Waals surface area contributed by atoms with Crippen molar-refractivity contribution >= 4 is 29.5 Å². The molecule has 0 fully saturated rings. The molecular weight excluding hydrogens is 354 g/mol. The molecule has 0 spiro atoms. The van der Waals surface area contributed by atoms with Gasteiger partial charge in [-0.2, -0.15) is 0 Å². The van der Waals surface area contributed by atoms with Crippen LogP contribution in [0.1, 0.15) is 24.5 Å². The molecule has 2 aromatic rings. The first-order valence-corrected chi connectivity index (χ1v) is 8.58. The fourth-order valence-corrected chi connectivity index (χ4v) is 2.71. The Kier molecular flexibility index (Phi) is 5.58. The van der Waals surface area contributed by atoms with E-state index >= 15 is 0 Å². The summed E-state index contributed by atoms with van der Waals surface area (Å²) in [7, 11) is 1.54. The number of carbonyl (C=O) groups excluding carboxylic acids is 1. The largest absolute Gasteiger partial charge is 0.493 e. The molecule has 2 aromatic carbocycles. The minimum Gasteiger partial charge on any atom is -0.493 e. The van der Waals surface area contributed by atoms with Crippen LogP contribution >= 0.6 is 11.6 Å². The third-order valence-corrected chi connectivity index (χ3v) is 3.93. The van der Waals surface area contributed by atoms with Crippen molar-refractivity contribution in [3.05, 3.63) is 64.3 Å². The first kappa shape index (κ1) is 18.0. The fourth-order valence-electron chi connectivity index (χ4n) is 2.44. The van der Waals surface area contributed by atoms with Crippen LogP contribution in [0.2, 0.25) is 5.02 Å². The predicted molar refractivity (Wildman–Crippen MR) is 101 cm³/mol. The second-order valence-corrected chi connectivity index (χ2v) is 5.99. The average Bonchev–Trinajstić information content (AvgIpc) is 3.02. The number of hydrogen-bond acceptors (Lipinski definition) is 5. The minimum absolute atomic E-state index is 0.198. The van der Waals surface area contributed by atoms with Crippen LogP contribution < -0.4 is 9.47 Å². The molecule has 0 aromatic heterocycles. The smallest absolute Gasteiger partial charge is 0.363 e. The van der Waals surface area contributed by atoms with E-state index in [-0.39, 0.29) is 11.6 Å². The number of rotatable bonds is 6. The van der Waals surface area contributed by atoms with Crippen molar-refractivity contribution in [3.63, 3.8) is 0 Å². The zero-order chi connectivity index (χ0) is 18.5. The first-order valence-electron chi connectivity index (χ1n) is 8.20. The lowest BCUT2D eigenvalue weighted by Crippen LogP contribution is -2.05. The highest BCUT2D eigenvalue weighted by Crippen LogP contribution is 2.37. The SMILES string of the molecule is CCCOc1c(Cl)cc(C=C2N=C(c3ccccc3)OC2=O)cc1OC. The molecule has 1 heterocycles. The van der Waals surface area contributed by atoms with E-state index in [1.807, 2.05) is 37.3 Å². The van der Waals surface area contributed by atoms with Gasteiger partial charge in [0.15, 0.2) is 17.2 Å². The van der Waals surface area contributed by atoms with Crippen LogP contribution in [0.15, 0.2) is 53.2 Å². The second-order valence-electron chi connectivity index (χ2n) is 5.58. The number of carbonyl (C=O) groups is 1. The molecule has 6 heteroatoms. The van der Waals surface area contributed by atoms with E-state index in [4.69, 9.17) is 25.8 Å². The van der Waals surface area contributed by atoms with Crippen molar-refractivity contribution in [2.24, 2.45) is 4.99 Å². The van der Waals surface area contributed by atoms with E-state index in [1.165, 1.54) is 7.11 Å².